The number of carboxylic acid groups (broad SMARTS) is 1. The third-order valence-electron chi connectivity index (χ3n) is 3.86. The Morgan fingerprint density at radius 1 is 1.38 bits per heavy atom. The number of hydrogen-bond donors (Lipinski definition) is 3. The second-order valence-electron chi connectivity index (χ2n) is 5.34. The van der Waals surface area contributed by atoms with Gasteiger partial charge in [0.05, 0.1) is 5.03 Å². The van der Waals surface area contributed by atoms with E-state index >= 15 is 0 Å². The minimum absolute atomic E-state index is 0.114. The summed E-state index contributed by atoms with van der Waals surface area (Å²) in [6, 6.07) is 7.07. The molecule has 0 aliphatic carbocycles. The van der Waals surface area contributed by atoms with E-state index in [0.29, 0.717) is 5.56 Å². The lowest BCUT2D eigenvalue weighted by atomic mass is 10.0. The summed E-state index contributed by atoms with van der Waals surface area (Å²) in [6.07, 6.45) is 0. The Balaban J connectivity index is 1.71. The van der Waals surface area contributed by atoms with Gasteiger partial charge in [0, 0.05) is 5.75 Å². The van der Waals surface area contributed by atoms with E-state index < -0.39 is 35.2 Å². The van der Waals surface area contributed by atoms with Crippen molar-refractivity contribution >= 4 is 41.1 Å². The summed E-state index contributed by atoms with van der Waals surface area (Å²) in [5.74, 6) is -1.98. The molecule has 2 aliphatic heterocycles. The van der Waals surface area contributed by atoms with Crippen LogP contribution in [0.15, 0.2) is 41.1 Å². The van der Waals surface area contributed by atoms with Crippen molar-refractivity contribution in [3.05, 3.63) is 46.6 Å². The molecule has 2 heterocycles. The van der Waals surface area contributed by atoms with Crippen LogP contribution >= 0.6 is 23.4 Å². The van der Waals surface area contributed by atoms with Gasteiger partial charge in [-0.15, -0.1) is 11.8 Å². The number of halogens is 1. The van der Waals surface area contributed by atoms with Crippen molar-refractivity contribution in [3.8, 4) is 0 Å². The third kappa shape index (κ3) is 2.77. The van der Waals surface area contributed by atoms with Crippen molar-refractivity contribution in [1.82, 2.24) is 10.2 Å². The molecule has 126 valence electrons. The molecule has 2 amide bonds. The zero-order chi connectivity index (χ0) is 17.4. The van der Waals surface area contributed by atoms with E-state index in [0.717, 1.165) is 4.90 Å². The highest BCUT2D eigenvalue weighted by molar-refractivity contribution is 8.00. The van der Waals surface area contributed by atoms with Gasteiger partial charge in [-0.3, -0.25) is 14.5 Å². The van der Waals surface area contributed by atoms with E-state index in [1.807, 2.05) is 6.07 Å². The minimum Gasteiger partial charge on any atom is -0.477 e. The summed E-state index contributed by atoms with van der Waals surface area (Å²) in [4.78, 5) is 36.9. The van der Waals surface area contributed by atoms with Crippen molar-refractivity contribution in [2.24, 2.45) is 5.73 Å². The van der Waals surface area contributed by atoms with Crippen LogP contribution in [0.2, 0.25) is 0 Å². The average molecular weight is 368 g/mol. The molecule has 1 aromatic carbocycles. The number of carbonyl (C=O) groups is 3. The number of benzene rings is 1. The molecule has 3 rings (SSSR count). The van der Waals surface area contributed by atoms with E-state index in [1.54, 1.807) is 24.3 Å². The topological polar surface area (TPSA) is 113 Å². The van der Waals surface area contributed by atoms with E-state index in [4.69, 9.17) is 17.3 Å². The molecule has 3 atom stereocenters. The van der Waals surface area contributed by atoms with Crippen molar-refractivity contribution in [3.63, 3.8) is 0 Å². The largest absolute Gasteiger partial charge is 0.477 e. The van der Waals surface area contributed by atoms with Crippen LogP contribution in [-0.2, 0) is 14.4 Å². The van der Waals surface area contributed by atoms with Crippen LogP contribution in [0, 0.1) is 0 Å². The Labute approximate surface area is 146 Å². The van der Waals surface area contributed by atoms with Crippen LogP contribution in [0.4, 0.5) is 0 Å². The molecule has 24 heavy (non-hydrogen) atoms. The predicted molar refractivity (Wildman–Crippen MR) is 88.9 cm³/mol. The Hall–Kier alpha value is -2.03. The van der Waals surface area contributed by atoms with E-state index in [2.05, 4.69) is 5.32 Å². The fourth-order valence-electron chi connectivity index (χ4n) is 2.64. The van der Waals surface area contributed by atoms with Crippen LogP contribution in [0.3, 0.4) is 0 Å². The molecule has 4 N–H and O–H groups in total. The summed E-state index contributed by atoms with van der Waals surface area (Å²) < 4.78 is 0. The molecule has 0 unspecified atom stereocenters. The number of β-lactam (4-membered cyclic amide) rings is 1. The molecule has 0 aromatic heterocycles. The summed E-state index contributed by atoms with van der Waals surface area (Å²) in [5, 5.41) is 11.4. The van der Waals surface area contributed by atoms with Crippen molar-refractivity contribution in [2.75, 3.05) is 5.75 Å². The summed E-state index contributed by atoms with van der Waals surface area (Å²) in [6.45, 7) is 0. The highest BCUT2D eigenvalue weighted by atomic mass is 35.5. The third-order valence-corrected chi connectivity index (χ3v) is 5.61. The van der Waals surface area contributed by atoms with Crippen molar-refractivity contribution < 1.29 is 19.5 Å². The van der Waals surface area contributed by atoms with Crippen LogP contribution < -0.4 is 11.1 Å². The minimum atomic E-state index is -1.26. The number of nitrogens with two attached hydrogens (primary N) is 1. The number of rotatable bonds is 4. The standard InChI is InChI=1S/C15H14ClN3O4S/c16-8-6-24-14-10(13(21)19(14)11(8)15(22)23)18-12(20)9(17)7-4-2-1-3-5-7/h1-5,9-10,14H,6,17H2,(H,18,20)(H,22,23)/t9-,10+,14+/m0/s1. The first-order valence-corrected chi connectivity index (χ1v) is 8.52. The highest BCUT2D eigenvalue weighted by Crippen LogP contribution is 2.41. The van der Waals surface area contributed by atoms with Gasteiger partial charge < -0.3 is 16.2 Å². The monoisotopic (exact) mass is 367 g/mol. The number of carbonyl (C=O) groups excluding carboxylic acids is 2. The fraction of sp³-hybridized carbons (Fsp3) is 0.267. The Morgan fingerprint density at radius 2 is 2.04 bits per heavy atom. The maximum Gasteiger partial charge on any atom is 0.353 e. The molecule has 1 saturated heterocycles. The predicted octanol–water partition coefficient (Wildman–Crippen LogP) is 0.621. The summed E-state index contributed by atoms with van der Waals surface area (Å²) in [7, 11) is 0. The number of aliphatic carboxylic acids is 1. The number of thioether (sulfide) groups is 1. The molecule has 1 aromatic rings. The molecule has 0 bridgehead atoms. The normalized spacial score (nSPS) is 24.1. The van der Waals surface area contributed by atoms with Crippen LogP contribution in [0.25, 0.3) is 0 Å². The molecule has 0 radical (unpaired) electrons. The quantitative estimate of drug-likeness (QED) is 0.672. The number of nitrogens with one attached hydrogen (secondary N) is 1. The number of amides is 2. The SMILES string of the molecule is N[C@H](C(=O)N[C@@H]1C(=O)N2C(C(=O)O)=C(Cl)CS[C@H]12)c1ccccc1. The highest BCUT2D eigenvalue weighted by Gasteiger charge is 2.54. The van der Waals surface area contributed by atoms with Crippen LogP contribution in [0.1, 0.15) is 11.6 Å². The molecule has 0 saturated carbocycles. The Morgan fingerprint density at radius 3 is 2.67 bits per heavy atom. The van der Waals surface area contributed by atoms with Crippen molar-refractivity contribution in [2.45, 2.75) is 17.5 Å². The zero-order valence-electron chi connectivity index (χ0n) is 12.3. The van der Waals surface area contributed by atoms with Gasteiger partial charge in [-0.05, 0) is 5.56 Å². The van der Waals surface area contributed by atoms with E-state index in [-0.39, 0.29) is 16.5 Å². The maximum absolute atomic E-state index is 12.3. The van der Waals surface area contributed by atoms with Gasteiger partial charge >= 0.3 is 5.97 Å². The molecule has 1 fully saturated rings. The molecule has 0 spiro atoms. The Kier molecular flexibility index (Phi) is 4.53. The van der Waals surface area contributed by atoms with Gasteiger partial charge in [0.2, 0.25) is 5.91 Å². The van der Waals surface area contributed by atoms with Gasteiger partial charge in [-0.25, -0.2) is 4.79 Å². The molecular formula is C15H14ClN3O4S. The van der Waals surface area contributed by atoms with Gasteiger partial charge in [0.1, 0.15) is 23.2 Å². The second kappa shape index (κ2) is 6.46. The number of carboxylic acids is 1. The number of hydrogen-bond acceptors (Lipinski definition) is 5. The summed E-state index contributed by atoms with van der Waals surface area (Å²) in [5.41, 5.74) is 6.32. The number of nitrogens with zero attached hydrogens (tertiary/aromatic N) is 1. The lowest BCUT2D eigenvalue weighted by Crippen LogP contribution is -2.70. The van der Waals surface area contributed by atoms with Crippen LogP contribution in [-0.4, -0.2) is 45.0 Å². The average Bonchev–Trinajstić information content (AvgIpc) is 2.59. The van der Waals surface area contributed by atoms with E-state index in [1.165, 1.54) is 11.8 Å². The smallest absolute Gasteiger partial charge is 0.353 e. The molecule has 7 nitrogen and oxygen atoms in total. The van der Waals surface area contributed by atoms with Gasteiger partial charge in [0.15, 0.2) is 0 Å². The maximum atomic E-state index is 12.3. The first-order valence-electron chi connectivity index (χ1n) is 7.09. The summed E-state index contributed by atoms with van der Waals surface area (Å²) >= 11 is 7.20. The fourth-order valence-corrected chi connectivity index (χ4v) is 4.19. The number of fused-ring (bicyclic) bond motifs is 1. The van der Waals surface area contributed by atoms with Gasteiger partial charge in [-0.1, -0.05) is 41.9 Å². The first-order chi connectivity index (χ1) is 11.4. The Bertz CT molecular complexity index is 739. The lowest BCUT2D eigenvalue weighted by molar-refractivity contribution is -0.150. The van der Waals surface area contributed by atoms with Crippen molar-refractivity contribution in [1.29, 1.82) is 0 Å². The molecule has 2 aliphatic rings. The van der Waals surface area contributed by atoms with Gasteiger partial charge in [-0.2, -0.15) is 0 Å². The lowest BCUT2D eigenvalue weighted by Gasteiger charge is -2.48. The van der Waals surface area contributed by atoms with E-state index in [9.17, 15) is 19.5 Å². The molecule has 9 heteroatoms. The van der Waals surface area contributed by atoms with Crippen LogP contribution in [0.5, 0.6) is 0 Å². The molecular weight excluding hydrogens is 354 g/mol. The first kappa shape index (κ1) is 16.8. The zero-order valence-corrected chi connectivity index (χ0v) is 13.9. The van der Waals surface area contributed by atoms with Gasteiger partial charge in [0.25, 0.3) is 5.91 Å². The second-order valence-corrected chi connectivity index (χ2v) is 6.90.